The van der Waals surface area contributed by atoms with Crippen LogP contribution in [0, 0.1) is 0 Å². The minimum Gasteiger partial charge on any atom is -0.493 e. The molecule has 234 valence electrons. The lowest BCUT2D eigenvalue weighted by Gasteiger charge is -2.40. The number of methoxy groups -OCH3 is 1. The fourth-order valence-electron chi connectivity index (χ4n) is 6.28. The number of rotatable bonds is 14. The molecule has 2 heterocycles. The predicted molar refractivity (Wildman–Crippen MR) is 166 cm³/mol. The second-order valence-corrected chi connectivity index (χ2v) is 11.3. The lowest BCUT2D eigenvalue weighted by Crippen LogP contribution is -2.56. The zero-order valence-electron chi connectivity index (χ0n) is 25.0. The average Bonchev–Trinajstić information content (AvgIpc) is 3.64. The van der Waals surface area contributed by atoms with Gasteiger partial charge in [0.25, 0.3) is 0 Å². The summed E-state index contributed by atoms with van der Waals surface area (Å²) in [4.78, 5) is 32.4. The topological polar surface area (TPSA) is 144 Å². The van der Waals surface area contributed by atoms with Crippen molar-refractivity contribution in [3.05, 3.63) is 83.6 Å². The predicted octanol–water partition coefficient (Wildman–Crippen LogP) is 3.11. The Labute approximate surface area is 257 Å². The van der Waals surface area contributed by atoms with E-state index in [0.29, 0.717) is 47.6 Å². The van der Waals surface area contributed by atoms with Gasteiger partial charge in [-0.05, 0) is 60.6 Å². The number of benzene rings is 2. The van der Waals surface area contributed by atoms with Crippen molar-refractivity contribution in [2.75, 3.05) is 26.8 Å². The Morgan fingerprint density at radius 3 is 2.73 bits per heavy atom. The number of allylic oxidation sites excluding steroid dienone is 1. The summed E-state index contributed by atoms with van der Waals surface area (Å²) in [7, 11) is 1.49. The second kappa shape index (κ2) is 14.1. The molecular weight excluding hydrogens is 562 g/mol. The molecule has 0 fully saturated rings. The third-order valence-corrected chi connectivity index (χ3v) is 8.43. The molecule has 2 amide bonds. The van der Waals surface area contributed by atoms with Gasteiger partial charge in [0.2, 0.25) is 11.8 Å². The molecule has 1 aromatic heterocycles. The Morgan fingerprint density at radius 2 is 2.00 bits per heavy atom. The number of fused-ring (bicyclic) bond motifs is 4. The van der Waals surface area contributed by atoms with Gasteiger partial charge in [-0.1, -0.05) is 24.3 Å². The Bertz CT molecular complexity index is 1500. The van der Waals surface area contributed by atoms with Crippen molar-refractivity contribution in [3.8, 4) is 11.5 Å². The molecule has 0 spiro atoms. The molecule has 3 aromatic rings. The fourth-order valence-corrected chi connectivity index (χ4v) is 6.28. The maximum Gasteiger partial charge on any atom is 0.247 e. The molecule has 10 heteroatoms. The highest BCUT2D eigenvalue weighted by atomic mass is 16.5. The smallest absolute Gasteiger partial charge is 0.247 e. The van der Waals surface area contributed by atoms with E-state index in [-0.39, 0.29) is 32.1 Å². The number of unbranched alkanes of at least 4 members (excludes halogenated alkanes) is 2. The highest BCUT2D eigenvalue weighted by Gasteiger charge is 2.51. The van der Waals surface area contributed by atoms with E-state index in [1.54, 1.807) is 23.1 Å². The van der Waals surface area contributed by atoms with Crippen molar-refractivity contribution in [2.45, 2.75) is 62.9 Å². The number of ether oxygens (including phenoxy) is 2. The lowest BCUT2D eigenvalue weighted by atomic mass is 9.77. The van der Waals surface area contributed by atoms with Gasteiger partial charge in [0.05, 0.1) is 32.3 Å². The molecule has 0 saturated carbocycles. The maximum absolute atomic E-state index is 13.8. The summed E-state index contributed by atoms with van der Waals surface area (Å²) < 4.78 is 11.9. The number of carbonyl (C=O) groups excluding carboxylic acids is 2. The average molecular weight is 604 g/mol. The molecule has 1 aliphatic heterocycles. The van der Waals surface area contributed by atoms with Gasteiger partial charge in [0, 0.05) is 48.3 Å². The SMILES string of the molecule is C=CCCCCC(=O)N(CCc1cc2ccccc2[nH]1)C1C=C(C(=O)NCCO)C2c3cc(CO)cc(OC)c3OC2C1O. The van der Waals surface area contributed by atoms with Crippen molar-refractivity contribution < 1.29 is 34.4 Å². The lowest BCUT2D eigenvalue weighted by molar-refractivity contribution is -0.137. The first kappa shape index (κ1) is 31.3. The molecule has 4 atom stereocenters. The number of nitrogens with one attached hydrogen (secondary N) is 2. The number of H-pyrrole nitrogens is 1. The van der Waals surface area contributed by atoms with Crippen LogP contribution >= 0.6 is 0 Å². The van der Waals surface area contributed by atoms with Gasteiger partial charge in [-0.2, -0.15) is 0 Å². The van der Waals surface area contributed by atoms with E-state index in [1.165, 1.54) is 7.11 Å². The molecule has 0 bridgehead atoms. The number of aliphatic hydroxyl groups excluding tert-OH is 3. The van der Waals surface area contributed by atoms with Gasteiger partial charge >= 0.3 is 0 Å². The normalized spacial score (nSPS) is 20.3. The molecule has 5 N–H and O–H groups in total. The van der Waals surface area contributed by atoms with E-state index in [2.05, 4.69) is 22.9 Å². The standard InChI is InChI=1S/C34H41N3O7/c1-3-4-5-6-11-29(40)37(14-12-23-18-22-9-7-8-10-26(22)36-23)27-19-25(34(42)35-13-15-38)30-24-16-21(20-39)17-28(43-2)32(24)44-33(30)31(27)41/h3,7-10,16-19,27,30-31,33,36,38-39,41H,1,4-6,11-15,20H2,2H3,(H,35,42). The third-order valence-electron chi connectivity index (χ3n) is 8.43. The summed E-state index contributed by atoms with van der Waals surface area (Å²) >= 11 is 0. The van der Waals surface area contributed by atoms with Crippen LogP contribution in [0.4, 0.5) is 0 Å². The van der Waals surface area contributed by atoms with E-state index in [0.717, 1.165) is 29.4 Å². The van der Waals surface area contributed by atoms with Gasteiger partial charge in [0.1, 0.15) is 12.2 Å². The Balaban J connectivity index is 1.51. The zero-order valence-corrected chi connectivity index (χ0v) is 25.0. The first-order valence-corrected chi connectivity index (χ1v) is 15.1. The summed E-state index contributed by atoms with van der Waals surface area (Å²) in [5.41, 5.74) is 3.47. The molecule has 0 saturated heterocycles. The third kappa shape index (κ3) is 6.38. The van der Waals surface area contributed by atoms with E-state index >= 15 is 0 Å². The highest BCUT2D eigenvalue weighted by molar-refractivity contribution is 5.96. The summed E-state index contributed by atoms with van der Waals surface area (Å²) in [6, 6.07) is 12.6. The van der Waals surface area contributed by atoms with Crippen molar-refractivity contribution in [1.29, 1.82) is 0 Å². The molecule has 1 aliphatic carbocycles. The fraction of sp³-hybridized carbons (Fsp3) is 0.412. The van der Waals surface area contributed by atoms with E-state index in [9.17, 15) is 24.9 Å². The summed E-state index contributed by atoms with van der Waals surface area (Å²) in [5.74, 6) is -0.456. The minimum absolute atomic E-state index is 0.0425. The van der Waals surface area contributed by atoms with Crippen LogP contribution in [0.1, 0.15) is 48.4 Å². The maximum atomic E-state index is 13.8. The van der Waals surface area contributed by atoms with Crippen molar-refractivity contribution in [2.24, 2.45) is 0 Å². The monoisotopic (exact) mass is 603 g/mol. The van der Waals surface area contributed by atoms with Crippen LogP contribution in [0.3, 0.4) is 0 Å². The van der Waals surface area contributed by atoms with Crippen molar-refractivity contribution >= 4 is 22.7 Å². The van der Waals surface area contributed by atoms with E-state index in [4.69, 9.17) is 9.47 Å². The first-order chi connectivity index (χ1) is 21.4. The van der Waals surface area contributed by atoms with Crippen LogP contribution in [0.25, 0.3) is 10.9 Å². The van der Waals surface area contributed by atoms with Crippen LogP contribution in [-0.2, 0) is 22.6 Å². The molecule has 5 rings (SSSR count). The Morgan fingerprint density at radius 1 is 1.18 bits per heavy atom. The number of aliphatic hydroxyl groups is 3. The van der Waals surface area contributed by atoms with Gasteiger partial charge in [-0.3, -0.25) is 9.59 Å². The van der Waals surface area contributed by atoms with Crippen LogP contribution < -0.4 is 14.8 Å². The van der Waals surface area contributed by atoms with Crippen LogP contribution in [0.5, 0.6) is 11.5 Å². The number of aromatic amines is 1. The van der Waals surface area contributed by atoms with Crippen LogP contribution in [-0.4, -0.2) is 82.1 Å². The van der Waals surface area contributed by atoms with E-state index in [1.807, 2.05) is 30.3 Å². The molecule has 44 heavy (non-hydrogen) atoms. The number of aromatic nitrogens is 1. The quantitative estimate of drug-likeness (QED) is 0.141. The molecule has 10 nitrogen and oxygen atoms in total. The number of hydrogen-bond donors (Lipinski definition) is 5. The number of nitrogens with zero attached hydrogens (tertiary/aromatic N) is 1. The van der Waals surface area contributed by atoms with E-state index < -0.39 is 30.1 Å². The number of para-hydroxylation sites is 1. The van der Waals surface area contributed by atoms with Gasteiger partial charge in [-0.15, -0.1) is 6.58 Å². The first-order valence-electron chi connectivity index (χ1n) is 15.1. The van der Waals surface area contributed by atoms with Crippen LogP contribution in [0.15, 0.2) is 66.8 Å². The Kier molecular flexibility index (Phi) is 10.0. The van der Waals surface area contributed by atoms with Gasteiger partial charge < -0.3 is 40.0 Å². The molecule has 2 aliphatic rings. The van der Waals surface area contributed by atoms with Crippen LogP contribution in [0.2, 0.25) is 0 Å². The van der Waals surface area contributed by atoms with Crippen molar-refractivity contribution in [3.63, 3.8) is 0 Å². The number of hydrogen-bond acceptors (Lipinski definition) is 7. The largest absolute Gasteiger partial charge is 0.493 e. The summed E-state index contributed by atoms with van der Waals surface area (Å²) in [5, 5.41) is 35.0. The zero-order chi connectivity index (χ0) is 31.2. The summed E-state index contributed by atoms with van der Waals surface area (Å²) in [6.45, 7) is 3.62. The Hall–Kier alpha value is -4.12. The molecular formula is C34H41N3O7. The van der Waals surface area contributed by atoms with Crippen molar-refractivity contribution in [1.82, 2.24) is 15.2 Å². The van der Waals surface area contributed by atoms with Gasteiger partial charge in [-0.25, -0.2) is 0 Å². The highest BCUT2D eigenvalue weighted by Crippen LogP contribution is 2.51. The number of amides is 2. The van der Waals surface area contributed by atoms with Gasteiger partial charge in [0.15, 0.2) is 11.5 Å². The molecule has 4 unspecified atom stereocenters. The summed E-state index contributed by atoms with van der Waals surface area (Å²) in [6.07, 6.45) is 4.53. The number of carbonyl (C=O) groups is 2. The molecule has 2 aromatic carbocycles. The molecule has 0 radical (unpaired) electrons. The second-order valence-electron chi connectivity index (χ2n) is 11.3. The minimum atomic E-state index is -1.16.